The third kappa shape index (κ3) is 4.64. The third-order valence-electron chi connectivity index (χ3n) is 5.60. The second-order valence-electron chi connectivity index (χ2n) is 7.64. The fourth-order valence-electron chi connectivity index (χ4n) is 3.81. The molecule has 0 aliphatic carbocycles. The number of carbonyl (C=O) groups excluding carboxylic acids is 2. The fourth-order valence-corrected chi connectivity index (χ4v) is 3.81. The molecule has 10 nitrogen and oxygen atoms in total. The number of benzene rings is 1. The van der Waals surface area contributed by atoms with Gasteiger partial charge in [-0.15, -0.1) is 0 Å². The Kier molecular flexibility index (Phi) is 6.08. The zero-order valence-corrected chi connectivity index (χ0v) is 17.3. The summed E-state index contributed by atoms with van der Waals surface area (Å²) in [5.74, 6) is 6.07. The predicted octanol–water partition coefficient (Wildman–Crippen LogP) is 0.557. The van der Waals surface area contributed by atoms with Crippen molar-refractivity contribution in [1.82, 2.24) is 24.8 Å². The van der Waals surface area contributed by atoms with Gasteiger partial charge in [-0.25, -0.2) is 9.78 Å². The smallest absolute Gasteiger partial charge is 0.410 e. The van der Waals surface area contributed by atoms with Gasteiger partial charge in [-0.05, 0) is 5.56 Å². The topological polar surface area (TPSA) is 132 Å². The summed E-state index contributed by atoms with van der Waals surface area (Å²) in [6.45, 7) is 2.64. The lowest BCUT2D eigenvalue weighted by atomic mass is 10.1. The van der Waals surface area contributed by atoms with E-state index in [1.54, 1.807) is 16.0 Å². The number of hydrogen-bond acceptors (Lipinski definition) is 7. The molecule has 0 saturated heterocycles. The van der Waals surface area contributed by atoms with Crippen LogP contribution in [-0.2, 0) is 24.3 Å². The van der Waals surface area contributed by atoms with Crippen LogP contribution < -0.4 is 17.0 Å². The van der Waals surface area contributed by atoms with Crippen molar-refractivity contribution in [2.75, 3.05) is 26.2 Å². The van der Waals surface area contributed by atoms with Gasteiger partial charge >= 0.3 is 6.09 Å². The van der Waals surface area contributed by atoms with Gasteiger partial charge in [-0.1, -0.05) is 30.3 Å². The molecule has 0 unspecified atom stereocenters. The van der Waals surface area contributed by atoms with Gasteiger partial charge < -0.3 is 30.3 Å². The first kappa shape index (κ1) is 20.7. The number of nitrogens with zero attached hydrogens (tertiary/aromatic N) is 4. The SMILES string of the molecule is NNC1=C(N)CN(C(=O)c2cn3c(n2)CCN(C(=O)OCc2ccccc2)CC3)CC1. The van der Waals surface area contributed by atoms with E-state index in [9.17, 15) is 9.59 Å². The van der Waals surface area contributed by atoms with Gasteiger partial charge in [0.2, 0.25) is 0 Å². The summed E-state index contributed by atoms with van der Waals surface area (Å²) in [6, 6.07) is 9.59. The molecule has 2 aliphatic heterocycles. The summed E-state index contributed by atoms with van der Waals surface area (Å²) in [6.07, 6.45) is 2.55. The van der Waals surface area contributed by atoms with E-state index in [0.717, 1.165) is 17.1 Å². The molecule has 5 N–H and O–H groups in total. The molecule has 0 radical (unpaired) electrons. The van der Waals surface area contributed by atoms with Crippen molar-refractivity contribution in [2.45, 2.75) is 26.0 Å². The predicted molar refractivity (Wildman–Crippen MR) is 113 cm³/mol. The lowest BCUT2D eigenvalue weighted by Crippen LogP contribution is -2.42. The van der Waals surface area contributed by atoms with Gasteiger partial charge in [0.25, 0.3) is 5.91 Å². The Morgan fingerprint density at radius 1 is 1.06 bits per heavy atom. The molecule has 164 valence electrons. The molecule has 0 atom stereocenters. The molecule has 3 heterocycles. The lowest BCUT2D eigenvalue weighted by molar-refractivity contribution is 0.0754. The Morgan fingerprint density at radius 3 is 2.58 bits per heavy atom. The minimum Gasteiger partial charge on any atom is -0.445 e. The number of ether oxygens (including phenoxy) is 1. The molecule has 31 heavy (non-hydrogen) atoms. The minimum atomic E-state index is -0.342. The van der Waals surface area contributed by atoms with Crippen molar-refractivity contribution < 1.29 is 14.3 Å². The average molecular weight is 425 g/mol. The van der Waals surface area contributed by atoms with Crippen LogP contribution in [0.15, 0.2) is 47.9 Å². The van der Waals surface area contributed by atoms with E-state index in [4.69, 9.17) is 16.3 Å². The maximum atomic E-state index is 12.9. The average Bonchev–Trinajstić information content (AvgIpc) is 3.10. The zero-order valence-electron chi connectivity index (χ0n) is 17.3. The highest BCUT2D eigenvalue weighted by atomic mass is 16.6. The lowest BCUT2D eigenvalue weighted by Gasteiger charge is -2.28. The number of nitrogens with two attached hydrogens (primary N) is 2. The second kappa shape index (κ2) is 9.09. The normalized spacial score (nSPS) is 16.5. The summed E-state index contributed by atoms with van der Waals surface area (Å²) >= 11 is 0. The number of aromatic nitrogens is 2. The van der Waals surface area contributed by atoms with Crippen LogP contribution in [0.4, 0.5) is 4.79 Å². The van der Waals surface area contributed by atoms with Gasteiger partial charge in [0.15, 0.2) is 0 Å². The maximum Gasteiger partial charge on any atom is 0.410 e. The number of nitrogens with one attached hydrogen (secondary N) is 1. The molecule has 4 rings (SSSR count). The molecule has 2 aromatic rings. The molecule has 0 spiro atoms. The highest BCUT2D eigenvalue weighted by Crippen LogP contribution is 2.17. The molecule has 2 amide bonds. The number of carbonyl (C=O) groups is 2. The van der Waals surface area contributed by atoms with E-state index in [1.807, 2.05) is 34.9 Å². The first-order valence-corrected chi connectivity index (χ1v) is 10.3. The highest BCUT2D eigenvalue weighted by Gasteiger charge is 2.27. The van der Waals surface area contributed by atoms with Crippen LogP contribution in [0.1, 0.15) is 28.3 Å². The molecule has 1 aromatic heterocycles. The van der Waals surface area contributed by atoms with Crippen LogP contribution >= 0.6 is 0 Å². The number of amides is 2. The van der Waals surface area contributed by atoms with Crippen molar-refractivity contribution in [2.24, 2.45) is 11.6 Å². The van der Waals surface area contributed by atoms with E-state index in [1.165, 1.54) is 0 Å². The first-order chi connectivity index (χ1) is 15.0. The Morgan fingerprint density at radius 2 is 1.84 bits per heavy atom. The largest absolute Gasteiger partial charge is 0.445 e. The second-order valence-corrected chi connectivity index (χ2v) is 7.64. The monoisotopic (exact) mass is 425 g/mol. The number of rotatable bonds is 4. The molecule has 0 saturated carbocycles. The van der Waals surface area contributed by atoms with Gasteiger partial charge in [-0.3, -0.25) is 10.6 Å². The van der Waals surface area contributed by atoms with Gasteiger partial charge in [-0.2, -0.15) is 0 Å². The maximum absolute atomic E-state index is 12.9. The summed E-state index contributed by atoms with van der Waals surface area (Å²) in [5.41, 5.74) is 11.2. The van der Waals surface area contributed by atoms with Crippen LogP contribution in [-0.4, -0.2) is 57.5 Å². The van der Waals surface area contributed by atoms with Crippen LogP contribution in [0.2, 0.25) is 0 Å². The van der Waals surface area contributed by atoms with E-state index in [2.05, 4.69) is 10.4 Å². The fraction of sp³-hybridized carbons (Fsp3) is 0.381. The van der Waals surface area contributed by atoms with Crippen molar-refractivity contribution >= 4 is 12.0 Å². The Hall–Kier alpha value is -3.53. The van der Waals surface area contributed by atoms with E-state index < -0.39 is 0 Å². The highest BCUT2D eigenvalue weighted by molar-refractivity contribution is 5.92. The first-order valence-electron chi connectivity index (χ1n) is 10.3. The third-order valence-corrected chi connectivity index (χ3v) is 5.60. The van der Waals surface area contributed by atoms with E-state index in [-0.39, 0.29) is 18.6 Å². The van der Waals surface area contributed by atoms with Gasteiger partial charge in [0.1, 0.15) is 18.1 Å². The van der Waals surface area contributed by atoms with Crippen molar-refractivity contribution in [3.8, 4) is 0 Å². The van der Waals surface area contributed by atoms with Gasteiger partial charge in [0.05, 0.1) is 6.54 Å². The minimum absolute atomic E-state index is 0.154. The van der Waals surface area contributed by atoms with E-state index >= 15 is 0 Å². The van der Waals surface area contributed by atoms with Crippen LogP contribution in [0.25, 0.3) is 0 Å². The van der Waals surface area contributed by atoms with Crippen molar-refractivity contribution in [3.05, 3.63) is 65.0 Å². The molecule has 0 bridgehead atoms. The summed E-state index contributed by atoms with van der Waals surface area (Å²) in [5, 5.41) is 0. The summed E-state index contributed by atoms with van der Waals surface area (Å²) < 4.78 is 7.37. The zero-order chi connectivity index (χ0) is 21.8. The molecular weight excluding hydrogens is 398 g/mol. The van der Waals surface area contributed by atoms with Gasteiger partial charge in [0, 0.05) is 56.6 Å². The van der Waals surface area contributed by atoms with Crippen molar-refractivity contribution in [1.29, 1.82) is 0 Å². The van der Waals surface area contributed by atoms with Crippen LogP contribution in [0.5, 0.6) is 0 Å². The molecule has 1 aromatic carbocycles. The number of hydrogen-bond donors (Lipinski definition) is 3. The Balaban J connectivity index is 1.34. The van der Waals surface area contributed by atoms with Crippen LogP contribution in [0.3, 0.4) is 0 Å². The van der Waals surface area contributed by atoms with E-state index in [0.29, 0.717) is 57.0 Å². The molecular formula is C21H27N7O3. The van der Waals surface area contributed by atoms with Crippen LogP contribution in [0, 0.1) is 0 Å². The number of imidazole rings is 1. The number of hydrazine groups is 1. The molecule has 2 aliphatic rings. The quantitative estimate of drug-likeness (QED) is 0.482. The molecule has 10 heteroatoms. The van der Waals surface area contributed by atoms with Crippen molar-refractivity contribution in [3.63, 3.8) is 0 Å². The number of fused-ring (bicyclic) bond motifs is 1. The summed E-state index contributed by atoms with van der Waals surface area (Å²) in [7, 11) is 0. The Labute approximate surface area is 180 Å². The molecule has 0 fully saturated rings. The Bertz CT molecular complexity index is 961. The standard InChI is InChI=1S/C21H27N7O3/c22-16-12-28(8-6-17(16)25-23)20(29)18-13-27-11-10-26(9-7-19(27)24-18)21(30)31-14-15-4-2-1-3-5-15/h1-5,13,25H,6-12,14,22-23H2. The summed E-state index contributed by atoms with van der Waals surface area (Å²) in [4.78, 5) is 33.2.